The van der Waals surface area contributed by atoms with E-state index >= 15 is 0 Å². The molecule has 2 aliphatic heterocycles. The van der Waals surface area contributed by atoms with Crippen LogP contribution in [0, 0.1) is 0 Å². The van der Waals surface area contributed by atoms with Crippen molar-refractivity contribution in [3.63, 3.8) is 0 Å². The second-order valence-corrected chi connectivity index (χ2v) is 11.2. The molecule has 2 heterocycles. The van der Waals surface area contributed by atoms with E-state index in [2.05, 4.69) is 14.8 Å². The Kier molecular flexibility index (Phi) is 5.62. The molecule has 174 valence electrons. The summed E-state index contributed by atoms with van der Waals surface area (Å²) < 4.78 is 52.7. The molecule has 2 aliphatic rings. The molecule has 33 heavy (non-hydrogen) atoms. The molecule has 1 unspecified atom stereocenters. The molecule has 0 aliphatic carbocycles. The molecule has 0 spiro atoms. The van der Waals surface area contributed by atoms with Gasteiger partial charge < -0.3 is 4.90 Å². The van der Waals surface area contributed by atoms with Crippen LogP contribution in [0.3, 0.4) is 0 Å². The molecule has 1 saturated heterocycles. The first-order valence-electron chi connectivity index (χ1n) is 9.81. The number of carbonyl (C=O) groups excluding carboxylic acids is 3. The summed E-state index contributed by atoms with van der Waals surface area (Å²) >= 11 is 0. The standard InChI is InChI=1S/C20H20N4O7S2/c1-32(28,29)22-13-2-5-15(6-3-13)33(30,31)23-14-4-7-16-12(10-14)11-24(20(16)27)17-8-9-18(25)21-19(17)26/h2-7,10,17,22-23H,8-9,11H2,1H3,(H,21,25,26). The van der Waals surface area contributed by atoms with Gasteiger partial charge in [0.05, 0.1) is 11.2 Å². The van der Waals surface area contributed by atoms with Gasteiger partial charge in [-0.15, -0.1) is 0 Å². The molecule has 0 saturated carbocycles. The zero-order valence-corrected chi connectivity index (χ0v) is 19.0. The van der Waals surface area contributed by atoms with E-state index in [1.54, 1.807) is 0 Å². The van der Waals surface area contributed by atoms with Crippen LogP contribution in [-0.4, -0.2) is 51.8 Å². The number of imide groups is 1. The first-order valence-corrected chi connectivity index (χ1v) is 13.2. The minimum absolute atomic E-state index is 0.0803. The highest BCUT2D eigenvalue weighted by Gasteiger charge is 2.39. The van der Waals surface area contributed by atoms with Crippen molar-refractivity contribution < 1.29 is 31.2 Å². The lowest BCUT2D eigenvalue weighted by atomic mass is 10.0. The van der Waals surface area contributed by atoms with Crippen molar-refractivity contribution in [2.45, 2.75) is 30.3 Å². The van der Waals surface area contributed by atoms with Crippen molar-refractivity contribution in [3.8, 4) is 0 Å². The van der Waals surface area contributed by atoms with Gasteiger partial charge in [-0.1, -0.05) is 0 Å². The maximum atomic E-state index is 12.7. The van der Waals surface area contributed by atoms with Crippen molar-refractivity contribution in [1.82, 2.24) is 10.2 Å². The number of piperidine rings is 1. The van der Waals surface area contributed by atoms with Crippen LogP contribution in [0.2, 0.25) is 0 Å². The normalized spacial score (nSPS) is 18.6. The molecule has 3 amide bonds. The average Bonchev–Trinajstić information content (AvgIpc) is 3.02. The van der Waals surface area contributed by atoms with Gasteiger partial charge in [0, 0.05) is 29.9 Å². The molecule has 1 atom stereocenters. The summed E-state index contributed by atoms with van der Waals surface area (Å²) in [6.45, 7) is 0.113. The Morgan fingerprint density at radius 2 is 1.61 bits per heavy atom. The number of anilines is 2. The molecule has 13 heteroatoms. The van der Waals surface area contributed by atoms with Crippen LogP contribution in [0.25, 0.3) is 0 Å². The lowest BCUT2D eigenvalue weighted by Crippen LogP contribution is -2.52. The summed E-state index contributed by atoms with van der Waals surface area (Å²) in [4.78, 5) is 37.6. The van der Waals surface area contributed by atoms with E-state index in [1.807, 2.05) is 0 Å². The van der Waals surface area contributed by atoms with Gasteiger partial charge in [0.25, 0.3) is 15.9 Å². The van der Waals surface area contributed by atoms with E-state index in [1.165, 1.54) is 47.4 Å². The second-order valence-electron chi connectivity index (χ2n) is 7.78. The van der Waals surface area contributed by atoms with Crippen LogP contribution >= 0.6 is 0 Å². The number of carbonyl (C=O) groups is 3. The molecule has 0 radical (unpaired) electrons. The highest BCUT2D eigenvalue weighted by Crippen LogP contribution is 2.30. The van der Waals surface area contributed by atoms with E-state index in [-0.39, 0.29) is 47.5 Å². The molecule has 2 aromatic carbocycles. The lowest BCUT2D eigenvalue weighted by molar-refractivity contribution is -0.136. The zero-order chi connectivity index (χ0) is 24.0. The smallest absolute Gasteiger partial charge is 0.261 e. The molecule has 0 bridgehead atoms. The maximum absolute atomic E-state index is 12.7. The topological polar surface area (TPSA) is 159 Å². The Morgan fingerprint density at radius 3 is 2.24 bits per heavy atom. The van der Waals surface area contributed by atoms with E-state index in [4.69, 9.17) is 0 Å². The molecular weight excluding hydrogens is 472 g/mol. The molecule has 1 fully saturated rings. The molecule has 2 aromatic rings. The van der Waals surface area contributed by atoms with Crippen molar-refractivity contribution in [1.29, 1.82) is 0 Å². The fourth-order valence-electron chi connectivity index (χ4n) is 3.77. The highest BCUT2D eigenvalue weighted by atomic mass is 32.2. The fourth-order valence-corrected chi connectivity index (χ4v) is 5.38. The summed E-state index contributed by atoms with van der Waals surface area (Å²) in [5, 5.41) is 2.23. The lowest BCUT2D eigenvalue weighted by Gasteiger charge is -2.29. The van der Waals surface area contributed by atoms with Gasteiger partial charge >= 0.3 is 0 Å². The Bertz CT molecular complexity index is 1370. The predicted molar refractivity (Wildman–Crippen MR) is 118 cm³/mol. The number of benzene rings is 2. The second kappa shape index (κ2) is 8.15. The van der Waals surface area contributed by atoms with Crippen molar-refractivity contribution >= 4 is 49.1 Å². The molecule has 0 aromatic heterocycles. The number of hydrogen-bond acceptors (Lipinski definition) is 7. The van der Waals surface area contributed by atoms with Crippen LogP contribution in [0.4, 0.5) is 11.4 Å². The Hall–Kier alpha value is -3.45. The number of sulfonamides is 2. The summed E-state index contributed by atoms with van der Waals surface area (Å²) in [6.07, 6.45) is 1.35. The SMILES string of the molecule is CS(=O)(=O)Nc1ccc(S(=O)(=O)Nc2ccc3c(c2)CN(C2CCC(=O)NC2=O)C3=O)cc1. The largest absolute Gasteiger partial charge is 0.322 e. The predicted octanol–water partition coefficient (Wildman–Crippen LogP) is 0.620. The van der Waals surface area contributed by atoms with Gasteiger partial charge in [-0.3, -0.25) is 29.1 Å². The summed E-state index contributed by atoms with van der Waals surface area (Å²) in [7, 11) is -7.47. The highest BCUT2D eigenvalue weighted by molar-refractivity contribution is 7.92. The quantitative estimate of drug-likeness (QED) is 0.499. The third kappa shape index (κ3) is 4.83. The Labute approximate surface area is 190 Å². The van der Waals surface area contributed by atoms with Crippen LogP contribution in [0.1, 0.15) is 28.8 Å². The van der Waals surface area contributed by atoms with Gasteiger partial charge in [0.2, 0.25) is 21.8 Å². The number of nitrogens with one attached hydrogen (secondary N) is 3. The number of fused-ring (bicyclic) bond motifs is 1. The van der Waals surface area contributed by atoms with E-state index in [0.29, 0.717) is 11.1 Å². The maximum Gasteiger partial charge on any atom is 0.261 e. The Morgan fingerprint density at radius 1 is 0.939 bits per heavy atom. The molecule has 4 rings (SSSR count). The summed E-state index contributed by atoms with van der Waals surface area (Å²) in [5.41, 5.74) is 1.36. The van der Waals surface area contributed by atoms with Crippen LogP contribution in [-0.2, 0) is 36.2 Å². The third-order valence-electron chi connectivity index (χ3n) is 5.24. The van der Waals surface area contributed by atoms with Gasteiger partial charge in [-0.05, 0) is 54.4 Å². The van der Waals surface area contributed by atoms with Gasteiger partial charge in [-0.25, -0.2) is 16.8 Å². The monoisotopic (exact) mass is 492 g/mol. The average molecular weight is 493 g/mol. The number of amides is 3. The van der Waals surface area contributed by atoms with E-state index in [0.717, 1.165) is 6.26 Å². The van der Waals surface area contributed by atoms with Crippen molar-refractivity contribution in [2.24, 2.45) is 0 Å². The van der Waals surface area contributed by atoms with Crippen LogP contribution in [0.5, 0.6) is 0 Å². The van der Waals surface area contributed by atoms with Gasteiger partial charge in [0.15, 0.2) is 0 Å². The first-order chi connectivity index (χ1) is 15.4. The Balaban J connectivity index is 1.51. The minimum Gasteiger partial charge on any atom is -0.322 e. The van der Waals surface area contributed by atoms with Crippen LogP contribution < -0.4 is 14.8 Å². The minimum atomic E-state index is -3.98. The molecular formula is C20H20N4O7S2. The molecule has 3 N–H and O–H groups in total. The zero-order valence-electron chi connectivity index (χ0n) is 17.4. The van der Waals surface area contributed by atoms with Crippen molar-refractivity contribution in [3.05, 3.63) is 53.6 Å². The number of hydrogen-bond donors (Lipinski definition) is 3. The van der Waals surface area contributed by atoms with Gasteiger partial charge in [0.1, 0.15) is 6.04 Å². The van der Waals surface area contributed by atoms with E-state index in [9.17, 15) is 31.2 Å². The number of rotatable bonds is 6. The van der Waals surface area contributed by atoms with Gasteiger partial charge in [-0.2, -0.15) is 0 Å². The third-order valence-corrected chi connectivity index (χ3v) is 7.25. The fraction of sp³-hybridized carbons (Fsp3) is 0.250. The summed E-state index contributed by atoms with van der Waals surface area (Å²) in [5.74, 6) is -1.26. The first kappa shape index (κ1) is 22.7. The summed E-state index contributed by atoms with van der Waals surface area (Å²) in [6, 6.07) is 8.87. The molecule has 11 nitrogen and oxygen atoms in total. The van der Waals surface area contributed by atoms with Crippen molar-refractivity contribution in [2.75, 3.05) is 15.7 Å². The number of nitrogens with zero attached hydrogens (tertiary/aromatic N) is 1. The van der Waals surface area contributed by atoms with Crippen LogP contribution in [0.15, 0.2) is 47.4 Å². The van der Waals surface area contributed by atoms with E-state index < -0.39 is 32.0 Å².